The van der Waals surface area contributed by atoms with Gasteiger partial charge in [0.1, 0.15) is 5.75 Å². The third-order valence-electron chi connectivity index (χ3n) is 2.50. The van der Waals surface area contributed by atoms with E-state index in [-0.39, 0.29) is 11.3 Å². The number of aromatic hydroxyl groups is 1. The van der Waals surface area contributed by atoms with E-state index in [1.54, 1.807) is 42.7 Å². The van der Waals surface area contributed by atoms with Gasteiger partial charge in [-0.3, -0.25) is 19.9 Å². The van der Waals surface area contributed by atoms with E-state index in [1.807, 2.05) is 0 Å². The molecular weight excluding hydrogens is 256 g/mol. The number of phenolic OH excluding ortho intramolecular Hbond substituents is 1. The third kappa shape index (κ3) is 3.52. The number of amides is 2. The zero-order valence-corrected chi connectivity index (χ0v) is 10.5. The minimum Gasteiger partial charge on any atom is -0.507 e. The van der Waals surface area contributed by atoms with Gasteiger partial charge >= 0.3 is 0 Å². The second kappa shape index (κ2) is 6.29. The van der Waals surface area contributed by atoms with Gasteiger partial charge in [-0.15, -0.1) is 0 Å². The molecule has 2 rings (SSSR count). The average Bonchev–Trinajstić information content (AvgIpc) is 2.46. The minimum absolute atomic E-state index is 0.0515. The van der Waals surface area contributed by atoms with Crippen LogP contribution in [0.25, 0.3) is 6.08 Å². The zero-order chi connectivity index (χ0) is 14.4. The largest absolute Gasteiger partial charge is 0.507 e. The van der Waals surface area contributed by atoms with E-state index in [4.69, 9.17) is 0 Å². The third-order valence-corrected chi connectivity index (χ3v) is 2.50. The van der Waals surface area contributed by atoms with E-state index in [0.29, 0.717) is 0 Å². The molecule has 1 heterocycles. The molecule has 0 radical (unpaired) electrons. The molecule has 0 aliphatic rings. The van der Waals surface area contributed by atoms with Crippen LogP contribution in [0.5, 0.6) is 5.75 Å². The molecule has 1 aromatic carbocycles. The number of benzene rings is 1. The number of rotatable bonds is 3. The van der Waals surface area contributed by atoms with Crippen LogP contribution >= 0.6 is 0 Å². The van der Waals surface area contributed by atoms with Crippen LogP contribution in [-0.4, -0.2) is 21.9 Å². The van der Waals surface area contributed by atoms with Crippen molar-refractivity contribution < 1.29 is 14.7 Å². The molecule has 0 saturated heterocycles. The van der Waals surface area contributed by atoms with E-state index in [2.05, 4.69) is 10.3 Å². The zero-order valence-electron chi connectivity index (χ0n) is 10.5. The van der Waals surface area contributed by atoms with Crippen molar-refractivity contribution in [2.24, 2.45) is 0 Å². The van der Waals surface area contributed by atoms with Crippen molar-refractivity contribution in [1.29, 1.82) is 0 Å². The standard InChI is InChI=1S/C15H12N2O3/c18-13-6-2-1-5-12(13)15(20)17-14(19)8-7-11-4-3-9-16-10-11/h1-10,18H,(H,17,19,20). The lowest BCUT2D eigenvalue weighted by Gasteiger charge is -2.03. The van der Waals surface area contributed by atoms with Gasteiger partial charge in [0.15, 0.2) is 0 Å². The Hall–Kier alpha value is -2.95. The Kier molecular flexibility index (Phi) is 4.24. The maximum absolute atomic E-state index is 11.7. The van der Waals surface area contributed by atoms with Crippen LogP contribution in [0.4, 0.5) is 0 Å². The van der Waals surface area contributed by atoms with Gasteiger partial charge in [-0.25, -0.2) is 0 Å². The summed E-state index contributed by atoms with van der Waals surface area (Å²) in [6.45, 7) is 0. The number of nitrogens with one attached hydrogen (secondary N) is 1. The molecule has 5 nitrogen and oxygen atoms in total. The molecule has 2 N–H and O–H groups in total. The number of phenols is 1. The fourth-order valence-electron chi connectivity index (χ4n) is 1.53. The van der Waals surface area contributed by atoms with E-state index in [1.165, 1.54) is 18.2 Å². The van der Waals surface area contributed by atoms with Crippen molar-refractivity contribution in [2.45, 2.75) is 0 Å². The van der Waals surface area contributed by atoms with E-state index in [9.17, 15) is 14.7 Å². The number of pyridine rings is 1. The fourth-order valence-corrected chi connectivity index (χ4v) is 1.53. The maximum Gasteiger partial charge on any atom is 0.261 e. The Morgan fingerprint density at radius 3 is 2.65 bits per heavy atom. The topological polar surface area (TPSA) is 79.3 Å². The summed E-state index contributed by atoms with van der Waals surface area (Å²) in [5, 5.41) is 11.7. The lowest BCUT2D eigenvalue weighted by atomic mass is 10.2. The van der Waals surface area contributed by atoms with Crippen molar-refractivity contribution >= 4 is 17.9 Å². The van der Waals surface area contributed by atoms with Crippen LogP contribution in [0.1, 0.15) is 15.9 Å². The highest BCUT2D eigenvalue weighted by atomic mass is 16.3. The minimum atomic E-state index is -0.649. The van der Waals surface area contributed by atoms with E-state index < -0.39 is 11.8 Å². The maximum atomic E-state index is 11.7. The lowest BCUT2D eigenvalue weighted by molar-refractivity contribution is -0.115. The Morgan fingerprint density at radius 2 is 1.95 bits per heavy atom. The number of imide groups is 1. The van der Waals surface area contributed by atoms with Gasteiger partial charge < -0.3 is 5.11 Å². The number of hydrogen-bond acceptors (Lipinski definition) is 4. The molecule has 0 spiro atoms. The first-order valence-corrected chi connectivity index (χ1v) is 5.88. The number of aromatic nitrogens is 1. The van der Waals surface area contributed by atoms with Crippen molar-refractivity contribution in [3.63, 3.8) is 0 Å². The molecule has 0 unspecified atom stereocenters. The first-order chi connectivity index (χ1) is 9.66. The molecule has 2 aromatic rings. The molecule has 2 amide bonds. The Bertz CT molecular complexity index is 651. The number of hydrogen-bond donors (Lipinski definition) is 2. The summed E-state index contributed by atoms with van der Waals surface area (Å²) in [6.07, 6.45) is 5.99. The quantitative estimate of drug-likeness (QED) is 0.831. The molecule has 0 aliphatic heterocycles. The molecule has 1 aromatic heterocycles. The van der Waals surface area contributed by atoms with Gasteiger partial charge in [0.2, 0.25) is 0 Å². The number of nitrogens with zero attached hydrogens (tertiary/aromatic N) is 1. The molecule has 0 saturated carbocycles. The highest BCUT2D eigenvalue weighted by Gasteiger charge is 2.11. The van der Waals surface area contributed by atoms with Crippen LogP contribution in [0.3, 0.4) is 0 Å². The van der Waals surface area contributed by atoms with Gasteiger partial charge in [0.25, 0.3) is 11.8 Å². The molecule has 0 bridgehead atoms. The Morgan fingerprint density at radius 1 is 1.15 bits per heavy atom. The highest BCUT2D eigenvalue weighted by molar-refractivity contribution is 6.10. The van der Waals surface area contributed by atoms with Gasteiger partial charge in [-0.2, -0.15) is 0 Å². The Labute approximate surface area is 115 Å². The van der Waals surface area contributed by atoms with Crippen molar-refractivity contribution in [3.8, 4) is 5.75 Å². The summed E-state index contributed by atoms with van der Waals surface area (Å²) >= 11 is 0. The molecule has 0 aliphatic carbocycles. The van der Waals surface area contributed by atoms with Crippen LogP contribution in [-0.2, 0) is 4.79 Å². The van der Waals surface area contributed by atoms with Crippen molar-refractivity contribution in [1.82, 2.24) is 10.3 Å². The SMILES string of the molecule is O=C(C=Cc1cccnc1)NC(=O)c1ccccc1O. The molecular formula is C15H12N2O3. The summed E-state index contributed by atoms with van der Waals surface area (Å²) in [4.78, 5) is 27.2. The van der Waals surface area contributed by atoms with Crippen molar-refractivity contribution in [2.75, 3.05) is 0 Å². The highest BCUT2D eigenvalue weighted by Crippen LogP contribution is 2.14. The second-order valence-electron chi connectivity index (χ2n) is 3.96. The van der Waals surface area contributed by atoms with Gasteiger partial charge in [0, 0.05) is 18.5 Å². The summed E-state index contributed by atoms with van der Waals surface area (Å²) in [5.74, 6) is -1.39. The summed E-state index contributed by atoms with van der Waals surface area (Å²) in [7, 11) is 0. The average molecular weight is 268 g/mol. The van der Waals surface area contributed by atoms with Gasteiger partial charge in [-0.05, 0) is 29.8 Å². The Balaban J connectivity index is 2.00. The number of carbonyl (C=O) groups is 2. The van der Waals surface area contributed by atoms with Gasteiger partial charge in [-0.1, -0.05) is 18.2 Å². The van der Waals surface area contributed by atoms with Crippen LogP contribution in [0, 0.1) is 0 Å². The second-order valence-corrected chi connectivity index (χ2v) is 3.96. The lowest BCUT2D eigenvalue weighted by Crippen LogP contribution is -2.28. The molecule has 20 heavy (non-hydrogen) atoms. The van der Waals surface area contributed by atoms with Crippen LogP contribution in [0.15, 0.2) is 54.9 Å². The van der Waals surface area contributed by atoms with Crippen molar-refractivity contribution in [3.05, 3.63) is 66.0 Å². The summed E-state index contributed by atoms with van der Waals surface area (Å²) < 4.78 is 0. The first kappa shape index (κ1) is 13.5. The molecule has 0 fully saturated rings. The predicted octanol–water partition coefficient (Wildman–Crippen LogP) is 1.76. The van der Waals surface area contributed by atoms with Crippen LogP contribution < -0.4 is 5.32 Å². The first-order valence-electron chi connectivity index (χ1n) is 5.88. The van der Waals surface area contributed by atoms with E-state index in [0.717, 1.165) is 5.56 Å². The molecule has 0 atom stereocenters. The predicted molar refractivity (Wildman–Crippen MR) is 73.9 cm³/mol. The molecule has 100 valence electrons. The number of para-hydroxylation sites is 1. The normalized spacial score (nSPS) is 10.4. The van der Waals surface area contributed by atoms with E-state index >= 15 is 0 Å². The monoisotopic (exact) mass is 268 g/mol. The number of carbonyl (C=O) groups excluding carboxylic acids is 2. The summed E-state index contributed by atoms with van der Waals surface area (Å²) in [5.41, 5.74) is 0.799. The summed E-state index contributed by atoms with van der Waals surface area (Å²) in [6, 6.07) is 9.53. The smallest absolute Gasteiger partial charge is 0.261 e. The van der Waals surface area contributed by atoms with Crippen LogP contribution in [0.2, 0.25) is 0 Å². The van der Waals surface area contributed by atoms with Gasteiger partial charge in [0.05, 0.1) is 5.56 Å². The molecule has 5 heteroatoms. The fraction of sp³-hybridized carbons (Fsp3) is 0.